The lowest BCUT2D eigenvalue weighted by Crippen LogP contribution is -2.21. The molecule has 92 valence electrons. The highest BCUT2D eigenvalue weighted by Gasteiger charge is 2.07. The Kier molecular flexibility index (Phi) is 3.52. The van der Waals surface area contributed by atoms with Crippen molar-refractivity contribution < 1.29 is 4.79 Å². The number of nitrogens with one attached hydrogen (secondary N) is 2. The Labute approximate surface area is 105 Å². The lowest BCUT2D eigenvalue weighted by Gasteiger charge is -2.11. The molecule has 2 N–H and O–H groups in total. The minimum absolute atomic E-state index is 0.326. The number of anilines is 2. The molecule has 0 aliphatic carbocycles. The van der Waals surface area contributed by atoms with Gasteiger partial charge in [0.15, 0.2) is 5.82 Å². The highest BCUT2D eigenvalue weighted by molar-refractivity contribution is 6.00. The number of benzene rings is 1. The van der Waals surface area contributed by atoms with E-state index in [0.717, 1.165) is 16.8 Å². The summed E-state index contributed by atoms with van der Waals surface area (Å²) >= 11 is 0. The van der Waals surface area contributed by atoms with Crippen LogP contribution >= 0.6 is 0 Å². The Hall–Kier alpha value is -2.43. The molecule has 0 aliphatic rings. The predicted octanol–water partition coefficient (Wildman–Crippen LogP) is 2.74. The third kappa shape index (κ3) is 2.82. The van der Waals surface area contributed by atoms with Crippen LogP contribution < -0.4 is 10.6 Å². The summed E-state index contributed by atoms with van der Waals surface area (Å²) in [5, 5.41) is 5.43. The van der Waals surface area contributed by atoms with Crippen molar-refractivity contribution in [2.24, 2.45) is 0 Å². The molecule has 0 bridgehead atoms. The minimum Gasteiger partial charge on any atom is -0.307 e. The van der Waals surface area contributed by atoms with E-state index >= 15 is 0 Å². The summed E-state index contributed by atoms with van der Waals surface area (Å²) in [5.74, 6) is 0.418. The van der Waals surface area contributed by atoms with Crippen molar-refractivity contribution in [2.45, 2.75) is 13.8 Å². The topological polar surface area (TPSA) is 66.9 Å². The van der Waals surface area contributed by atoms with Gasteiger partial charge in [0.25, 0.3) is 0 Å². The van der Waals surface area contributed by atoms with E-state index in [1.165, 1.54) is 12.4 Å². The van der Waals surface area contributed by atoms with E-state index < -0.39 is 0 Å². The molecule has 0 aliphatic heterocycles. The molecule has 0 unspecified atom stereocenters. The van der Waals surface area contributed by atoms with E-state index in [4.69, 9.17) is 0 Å². The zero-order chi connectivity index (χ0) is 13.0. The lowest BCUT2D eigenvalue weighted by molar-refractivity contribution is 0.262. The molecule has 0 saturated heterocycles. The normalized spacial score (nSPS) is 9.89. The number of hydrogen-bond donors (Lipinski definition) is 2. The van der Waals surface area contributed by atoms with Crippen molar-refractivity contribution in [2.75, 3.05) is 10.6 Å². The van der Waals surface area contributed by atoms with Gasteiger partial charge in [0.2, 0.25) is 0 Å². The number of hydrogen-bond acceptors (Lipinski definition) is 3. The maximum atomic E-state index is 11.8. The fraction of sp³-hybridized carbons (Fsp3) is 0.154. The van der Waals surface area contributed by atoms with Crippen LogP contribution in [0.4, 0.5) is 16.3 Å². The van der Waals surface area contributed by atoms with Crippen molar-refractivity contribution in [1.82, 2.24) is 9.97 Å². The molecule has 0 saturated carbocycles. The van der Waals surface area contributed by atoms with Gasteiger partial charge in [-0.1, -0.05) is 18.2 Å². The van der Waals surface area contributed by atoms with Gasteiger partial charge in [-0.3, -0.25) is 10.3 Å². The van der Waals surface area contributed by atoms with Crippen LogP contribution in [0.5, 0.6) is 0 Å². The number of aromatic nitrogens is 2. The standard InChI is InChI=1S/C13H14N4O/c1-9-4-3-5-10(2)12(9)17-13(18)16-11-8-14-6-7-15-11/h3-8H,1-2H3,(H2,15,16,17,18). The lowest BCUT2D eigenvalue weighted by atomic mass is 10.1. The van der Waals surface area contributed by atoms with Crippen LogP contribution in [0.3, 0.4) is 0 Å². The first-order valence-electron chi connectivity index (χ1n) is 5.57. The van der Waals surface area contributed by atoms with E-state index in [1.807, 2.05) is 32.0 Å². The molecule has 5 heteroatoms. The number of para-hydroxylation sites is 1. The van der Waals surface area contributed by atoms with Gasteiger partial charge in [-0.2, -0.15) is 0 Å². The first-order valence-corrected chi connectivity index (χ1v) is 5.57. The number of urea groups is 1. The number of rotatable bonds is 2. The molecule has 0 atom stereocenters. The smallest absolute Gasteiger partial charge is 0.307 e. The number of amides is 2. The van der Waals surface area contributed by atoms with Gasteiger partial charge in [-0.25, -0.2) is 9.78 Å². The average Bonchev–Trinajstić information content (AvgIpc) is 2.35. The monoisotopic (exact) mass is 242 g/mol. The largest absolute Gasteiger partial charge is 0.324 e. The van der Waals surface area contributed by atoms with Gasteiger partial charge in [-0.15, -0.1) is 0 Å². The highest BCUT2D eigenvalue weighted by Crippen LogP contribution is 2.19. The molecule has 1 aromatic heterocycles. The number of nitrogens with zero attached hydrogens (tertiary/aromatic N) is 2. The summed E-state index contributed by atoms with van der Waals surface area (Å²) in [6.07, 6.45) is 4.56. The molecular formula is C13H14N4O. The molecule has 0 spiro atoms. The van der Waals surface area contributed by atoms with Crippen LogP contribution in [0.15, 0.2) is 36.8 Å². The van der Waals surface area contributed by atoms with Gasteiger partial charge in [0, 0.05) is 18.1 Å². The molecule has 0 fully saturated rings. The number of carbonyl (C=O) groups is 1. The molecule has 2 rings (SSSR count). The van der Waals surface area contributed by atoms with Crippen molar-refractivity contribution >= 4 is 17.5 Å². The Bertz CT molecular complexity index is 534. The zero-order valence-corrected chi connectivity index (χ0v) is 10.3. The van der Waals surface area contributed by atoms with Crippen LogP contribution in [-0.2, 0) is 0 Å². The molecule has 5 nitrogen and oxygen atoms in total. The summed E-state index contributed by atoms with van der Waals surface area (Å²) in [5.41, 5.74) is 2.85. The second kappa shape index (κ2) is 5.27. The average molecular weight is 242 g/mol. The van der Waals surface area contributed by atoms with Gasteiger partial charge < -0.3 is 5.32 Å². The molecule has 1 aromatic carbocycles. The van der Waals surface area contributed by atoms with Crippen LogP contribution in [0.2, 0.25) is 0 Å². The van der Waals surface area contributed by atoms with Crippen LogP contribution in [-0.4, -0.2) is 16.0 Å². The Morgan fingerprint density at radius 3 is 2.44 bits per heavy atom. The summed E-state index contributed by atoms with van der Waals surface area (Å²) in [7, 11) is 0. The molecule has 1 heterocycles. The predicted molar refractivity (Wildman–Crippen MR) is 70.6 cm³/mol. The van der Waals surface area contributed by atoms with Crippen LogP contribution in [0, 0.1) is 13.8 Å². The van der Waals surface area contributed by atoms with E-state index in [-0.39, 0.29) is 6.03 Å². The second-order valence-electron chi connectivity index (χ2n) is 3.94. The summed E-state index contributed by atoms with van der Waals surface area (Å²) in [6.45, 7) is 3.90. The van der Waals surface area contributed by atoms with Gasteiger partial charge in [0.1, 0.15) is 0 Å². The van der Waals surface area contributed by atoms with Gasteiger partial charge >= 0.3 is 6.03 Å². The fourth-order valence-electron chi connectivity index (χ4n) is 1.64. The third-order valence-corrected chi connectivity index (χ3v) is 2.52. The van der Waals surface area contributed by atoms with Crippen molar-refractivity contribution in [3.05, 3.63) is 47.9 Å². The highest BCUT2D eigenvalue weighted by atomic mass is 16.2. The van der Waals surface area contributed by atoms with Gasteiger partial charge in [-0.05, 0) is 25.0 Å². The van der Waals surface area contributed by atoms with E-state index in [2.05, 4.69) is 20.6 Å². The van der Waals surface area contributed by atoms with E-state index in [1.54, 1.807) is 6.20 Å². The van der Waals surface area contributed by atoms with Crippen LogP contribution in [0.25, 0.3) is 0 Å². The maximum Gasteiger partial charge on any atom is 0.324 e. The van der Waals surface area contributed by atoms with Gasteiger partial charge in [0.05, 0.1) is 6.20 Å². The molecule has 18 heavy (non-hydrogen) atoms. The quantitative estimate of drug-likeness (QED) is 0.850. The fourth-order valence-corrected chi connectivity index (χ4v) is 1.64. The third-order valence-electron chi connectivity index (χ3n) is 2.52. The number of aryl methyl sites for hydroxylation is 2. The van der Waals surface area contributed by atoms with Crippen LogP contribution in [0.1, 0.15) is 11.1 Å². The first-order chi connectivity index (χ1) is 8.66. The maximum absolute atomic E-state index is 11.8. The zero-order valence-electron chi connectivity index (χ0n) is 10.3. The Balaban J connectivity index is 2.08. The Morgan fingerprint density at radius 1 is 1.11 bits per heavy atom. The SMILES string of the molecule is Cc1cccc(C)c1NC(=O)Nc1cnccn1. The molecule has 0 radical (unpaired) electrons. The minimum atomic E-state index is -0.326. The molecule has 2 amide bonds. The second-order valence-corrected chi connectivity index (χ2v) is 3.94. The van der Waals surface area contributed by atoms with Crippen molar-refractivity contribution in [1.29, 1.82) is 0 Å². The summed E-state index contributed by atoms with van der Waals surface area (Å²) < 4.78 is 0. The van der Waals surface area contributed by atoms with Crippen molar-refractivity contribution in [3.63, 3.8) is 0 Å². The molecule has 2 aromatic rings. The summed E-state index contributed by atoms with van der Waals surface area (Å²) in [6, 6.07) is 5.53. The van der Waals surface area contributed by atoms with E-state index in [0.29, 0.717) is 5.82 Å². The van der Waals surface area contributed by atoms with E-state index in [9.17, 15) is 4.79 Å². The molecular weight excluding hydrogens is 228 g/mol. The first kappa shape index (κ1) is 12.0. The summed E-state index contributed by atoms with van der Waals surface area (Å²) in [4.78, 5) is 19.6. The Morgan fingerprint density at radius 2 is 1.83 bits per heavy atom. The number of carbonyl (C=O) groups excluding carboxylic acids is 1. The van der Waals surface area contributed by atoms with Crippen molar-refractivity contribution in [3.8, 4) is 0 Å².